The number of hydrogen-bond acceptors (Lipinski definition) is 4. The molecule has 5 aromatic rings. The number of hydrogen-bond donors (Lipinski definition) is 1. The van der Waals surface area contributed by atoms with Crippen LogP contribution in [-0.2, 0) is 6.54 Å². The molecule has 0 aliphatic carbocycles. The minimum absolute atomic E-state index is 0.0106. The van der Waals surface area contributed by atoms with E-state index in [2.05, 4.69) is 5.32 Å². The van der Waals surface area contributed by atoms with Crippen molar-refractivity contribution in [3.05, 3.63) is 125 Å². The van der Waals surface area contributed by atoms with Crippen molar-refractivity contribution in [3.8, 4) is 0 Å². The minimum Gasteiger partial charge on any atom is -0.423 e. The van der Waals surface area contributed by atoms with E-state index < -0.39 is 0 Å². The van der Waals surface area contributed by atoms with E-state index in [1.807, 2.05) is 95.9 Å². The van der Waals surface area contributed by atoms with Crippen molar-refractivity contribution in [2.24, 2.45) is 0 Å². The molecule has 0 radical (unpaired) electrons. The maximum Gasteiger partial charge on any atom is 0.338 e. The van der Waals surface area contributed by atoms with Crippen LogP contribution in [0.4, 0.5) is 5.69 Å². The van der Waals surface area contributed by atoms with E-state index in [0.29, 0.717) is 30.8 Å². The van der Waals surface area contributed by atoms with E-state index in [9.17, 15) is 9.59 Å². The summed E-state index contributed by atoms with van der Waals surface area (Å²) >= 11 is 0. The van der Waals surface area contributed by atoms with Crippen molar-refractivity contribution in [1.82, 2.24) is 4.90 Å². The number of nitrogens with zero attached hydrogens (tertiary/aromatic N) is 1. The SMILES string of the molecule is O=C(c1cccc2ccccc12)N(CCCNc1cc(=O)oc2ccccc12)Cc1ccccc1. The van der Waals surface area contributed by atoms with E-state index in [-0.39, 0.29) is 11.5 Å². The lowest BCUT2D eigenvalue weighted by Gasteiger charge is -2.24. The van der Waals surface area contributed by atoms with E-state index in [0.717, 1.165) is 33.8 Å². The van der Waals surface area contributed by atoms with Crippen molar-refractivity contribution in [2.75, 3.05) is 18.4 Å². The molecule has 1 heterocycles. The summed E-state index contributed by atoms with van der Waals surface area (Å²) < 4.78 is 5.28. The number of anilines is 1. The molecule has 0 spiro atoms. The van der Waals surface area contributed by atoms with Crippen LogP contribution < -0.4 is 10.9 Å². The Balaban J connectivity index is 1.34. The predicted octanol–water partition coefficient (Wildman–Crippen LogP) is 6.09. The largest absolute Gasteiger partial charge is 0.423 e. The third kappa shape index (κ3) is 5.09. The van der Waals surface area contributed by atoms with Crippen LogP contribution in [0, 0.1) is 0 Å². The lowest BCUT2D eigenvalue weighted by atomic mass is 10.0. The summed E-state index contributed by atoms with van der Waals surface area (Å²) in [5.74, 6) is 0.0106. The molecule has 5 heteroatoms. The van der Waals surface area contributed by atoms with Gasteiger partial charge in [0.15, 0.2) is 0 Å². The molecule has 0 fully saturated rings. The topological polar surface area (TPSA) is 62.6 Å². The smallest absolute Gasteiger partial charge is 0.338 e. The fourth-order valence-corrected chi connectivity index (χ4v) is 4.39. The van der Waals surface area contributed by atoms with Gasteiger partial charge in [-0.15, -0.1) is 0 Å². The fourth-order valence-electron chi connectivity index (χ4n) is 4.39. The minimum atomic E-state index is -0.386. The van der Waals surface area contributed by atoms with E-state index in [1.54, 1.807) is 6.07 Å². The standard InChI is InChI=1S/C30H26N2O3/c33-29-20-27(26-15-6-7-17-28(26)35-29)31-18-9-19-32(21-22-10-2-1-3-11-22)30(34)25-16-8-13-23-12-4-5-14-24(23)25/h1-8,10-17,20,31H,9,18-19,21H2. The van der Waals surface area contributed by atoms with E-state index in [4.69, 9.17) is 4.42 Å². The summed E-state index contributed by atoms with van der Waals surface area (Å²) in [5.41, 5.74) is 2.70. The molecule has 0 unspecified atom stereocenters. The number of rotatable bonds is 8. The Bertz CT molecular complexity index is 1520. The predicted molar refractivity (Wildman–Crippen MR) is 141 cm³/mol. The Hall–Kier alpha value is -4.38. The number of fused-ring (bicyclic) bond motifs is 2. The zero-order valence-corrected chi connectivity index (χ0v) is 19.3. The van der Waals surface area contributed by atoms with E-state index in [1.165, 1.54) is 6.07 Å². The summed E-state index contributed by atoms with van der Waals surface area (Å²) in [7, 11) is 0. The first-order valence-electron chi connectivity index (χ1n) is 11.8. The zero-order valence-electron chi connectivity index (χ0n) is 19.3. The van der Waals surface area contributed by atoms with Gasteiger partial charge in [-0.2, -0.15) is 0 Å². The average molecular weight is 463 g/mol. The second-order valence-corrected chi connectivity index (χ2v) is 8.49. The van der Waals surface area contributed by atoms with Crippen LogP contribution in [0.1, 0.15) is 22.3 Å². The number of benzene rings is 4. The van der Waals surface area contributed by atoms with Crippen molar-refractivity contribution < 1.29 is 9.21 Å². The summed E-state index contributed by atoms with van der Waals surface area (Å²) in [6.45, 7) is 1.71. The Kier molecular flexibility index (Phi) is 6.57. The maximum atomic E-state index is 13.7. The highest BCUT2D eigenvalue weighted by atomic mass is 16.4. The van der Waals surface area contributed by atoms with Gasteiger partial charge < -0.3 is 14.6 Å². The zero-order chi connectivity index (χ0) is 24.0. The lowest BCUT2D eigenvalue weighted by molar-refractivity contribution is 0.0744. The molecule has 0 aliphatic rings. The molecule has 1 N–H and O–H groups in total. The number of carbonyl (C=O) groups is 1. The van der Waals surface area contributed by atoms with Gasteiger partial charge in [0.05, 0.1) is 5.69 Å². The van der Waals surface area contributed by atoms with Crippen molar-refractivity contribution in [3.63, 3.8) is 0 Å². The van der Waals surface area contributed by atoms with Crippen molar-refractivity contribution >= 4 is 33.3 Å². The molecule has 0 aliphatic heterocycles. The molecule has 4 aromatic carbocycles. The molecule has 5 nitrogen and oxygen atoms in total. The number of amides is 1. The summed E-state index contributed by atoms with van der Waals surface area (Å²) in [6.07, 6.45) is 0.720. The molecule has 174 valence electrons. The normalized spacial score (nSPS) is 11.0. The summed E-state index contributed by atoms with van der Waals surface area (Å²) in [4.78, 5) is 27.5. The Labute approximate surface area is 203 Å². The van der Waals surface area contributed by atoms with Crippen molar-refractivity contribution in [2.45, 2.75) is 13.0 Å². The van der Waals surface area contributed by atoms with Gasteiger partial charge in [-0.25, -0.2) is 4.79 Å². The molecular weight excluding hydrogens is 436 g/mol. The molecule has 0 atom stereocenters. The second-order valence-electron chi connectivity index (χ2n) is 8.49. The van der Waals surface area contributed by atoms with Crippen LogP contribution in [-0.4, -0.2) is 23.9 Å². The molecule has 0 saturated carbocycles. The molecule has 35 heavy (non-hydrogen) atoms. The maximum absolute atomic E-state index is 13.7. The second kappa shape index (κ2) is 10.3. The number of nitrogens with one attached hydrogen (secondary N) is 1. The number of para-hydroxylation sites is 1. The number of carbonyl (C=O) groups excluding carboxylic acids is 1. The first-order valence-corrected chi connectivity index (χ1v) is 11.8. The summed E-state index contributed by atoms with van der Waals surface area (Å²) in [5, 5.41) is 6.23. The highest BCUT2D eigenvalue weighted by Crippen LogP contribution is 2.22. The molecule has 5 rings (SSSR count). The molecule has 0 bridgehead atoms. The Morgan fingerprint density at radius 1 is 0.800 bits per heavy atom. The van der Waals surface area contributed by atoms with Gasteiger partial charge >= 0.3 is 5.63 Å². The van der Waals surface area contributed by atoms with Gasteiger partial charge in [-0.3, -0.25) is 4.79 Å². The van der Waals surface area contributed by atoms with Gasteiger partial charge in [-0.1, -0.05) is 78.9 Å². The van der Waals surface area contributed by atoms with Gasteiger partial charge in [0.25, 0.3) is 5.91 Å². The first kappa shape index (κ1) is 22.4. The van der Waals surface area contributed by atoms with Crippen LogP contribution >= 0.6 is 0 Å². The van der Waals surface area contributed by atoms with Gasteiger partial charge in [0.2, 0.25) is 0 Å². The highest BCUT2D eigenvalue weighted by molar-refractivity contribution is 6.07. The molecule has 1 amide bonds. The summed E-state index contributed by atoms with van der Waals surface area (Å²) in [6, 6.07) is 32.8. The van der Waals surface area contributed by atoms with Crippen LogP contribution in [0.2, 0.25) is 0 Å². The third-order valence-electron chi connectivity index (χ3n) is 6.09. The van der Waals surface area contributed by atoms with Gasteiger partial charge in [0.1, 0.15) is 5.58 Å². The van der Waals surface area contributed by atoms with Gasteiger partial charge in [-0.05, 0) is 41.0 Å². The van der Waals surface area contributed by atoms with Crippen LogP contribution in [0.5, 0.6) is 0 Å². The quantitative estimate of drug-likeness (QED) is 0.224. The fraction of sp³-hybridized carbons (Fsp3) is 0.133. The average Bonchev–Trinajstić information content (AvgIpc) is 2.90. The lowest BCUT2D eigenvalue weighted by Crippen LogP contribution is -2.32. The third-order valence-corrected chi connectivity index (χ3v) is 6.09. The first-order chi connectivity index (χ1) is 17.2. The molecule has 0 saturated heterocycles. The Morgan fingerprint density at radius 2 is 1.51 bits per heavy atom. The van der Waals surface area contributed by atoms with Crippen LogP contribution in [0.3, 0.4) is 0 Å². The van der Waals surface area contributed by atoms with E-state index >= 15 is 0 Å². The molecule has 1 aromatic heterocycles. The Morgan fingerprint density at radius 3 is 2.37 bits per heavy atom. The monoisotopic (exact) mass is 462 g/mol. The van der Waals surface area contributed by atoms with Crippen LogP contribution in [0.25, 0.3) is 21.7 Å². The van der Waals surface area contributed by atoms with Crippen molar-refractivity contribution in [1.29, 1.82) is 0 Å². The highest BCUT2D eigenvalue weighted by Gasteiger charge is 2.18. The molecular formula is C30H26N2O3. The van der Waals surface area contributed by atoms with Gasteiger partial charge in [0, 0.05) is 36.7 Å². The van der Waals surface area contributed by atoms with Crippen LogP contribution in [0.15, 0.2) is 112 Å².